The third kappa shape index (κ3) is 5.37. The highest BCUT2D eigenvalue weighted by molar-refractivity contribution is 8.00. The molecule has 2 heterocycles. The van der Waals surface area contributed by atoms with Crippen LogP contribution < -0.4 is 5.32 Å². The second-order valence-electron chi connectivity index (χ2n) is 6.36. The Morgan fingerprint density at radius 3 is 2.70 bits per heavy atom. The van der Waals surface area contributed by atoms with Gasteiger partial charge >= 0.3 is 0 Å². The number of ketones is 1. The van der Waals surface area contributed by atoms with Crippen LogP contribution in [-0.4, -0.2) is 33.5 Å². The fourth-order valence-electron chi connectivity index (χ4n) is 2.75. The fourth-order valence-corrected chi connectivity index (χ4v) is 4.59. The average molecular weight is 400 g/mol. The van der Waals surface area contributed by atoms with E-state index in [-0.39, 0.29) is 17.7 Å². The number of carbonyl (C=O) groups excluding carboxylic acids is 2. The summed E-state index contributed by atoms with van der Waals surface area (Å²) in [5.41, 5.74) is 2.79. The minimum Gasteiger partial charge on any atom is -0.354 e. The summed E-state index contributed by atoms with van der Waals surface area (Å²) in [6, 6.07) is 9.83. The molecule has 1 unspecified atom stereocenters. The van der Waals surface area contributed by atoms with Crippen molar-refractivity contribution in [3.63, 3.8) is 0 Å². The highest BCUT2D eigenvalue weighted by Gasteiger charge is 2.11. The van der Waals surface area contributed by atoms with Crippen LogP contribution in [0, 0.1) is 0 Å². The molecule has 1 N–H and O–H groups in total. The summed E-state index contributed by atoms with van der Waals surface area (Å²) in [6.45, 7) is 3.52. The molecule has 5 nitrogen and oxygen atoms in total. The molecule has 0 radical (unpaired) electrons. The molecular formula is C20H21N3O2S2. The predicted molar refractivity (Wildman–Crippen MR) is 111 cm³/mol. The van der Waals surface area contributed by atoms with E-state index in [2.05, 4.69) is 15.3 Å². The Kier molecular flexibility index (Phi) is 6.58. The number of hydrogen-bond donors (Lipinski definition) is 1. The van der Waals surface area contributed by atoms with Crippen molar-refractivity contribution in [1.82, 2.24) is 15.3 Å². The number of rotatable bonds is 8. The number of amides is 1. The maximum atomic E-state index is 12.5. The average Bonchev–Trinajstić information content (AvgIpc) is 3.13. The number of nitrogens with zero attached hydrogens (tertiary/aromatic N) is 2. The van der Waals surface area contributed by atoms with E-state index in [0.29, 0.717) is 11.3 Å². The van der Waals surface area contributed by atoms with Crippen LogP contribution in [0.15, 0.2) is 47.1 Å². The van der Waals surface area contributed by atoms with Gasteiger partial charge in [0, 0.05) is 18.5 Å². The Hall–Kier alpha value is -2.25. The first-order chi connectivity index (χ1) is 13.0. The Labute approximate surface area is 166 Å². The molecule has 140 valence electrons. The van der Waals surface area contributed by atoms with E-state index in [1.54, 1.807) is 17.7 Å². The monoisotopic (exact) mass is 399 g/mol. The first kappa shape index (κ1) is 19.5. The summed E-state index contributed by atoms with van der Waals surface area (Å²) >= 11 is 3.04. The van der Waals surface area contributed by atoms with Crippen LogP contribution >= 0.6 is 23.1 Å². The Morgan fingerprint density at radius 2 is 1.96 bits per heavy atom. The summed E-state index contributed by atoms with van der Waals surface area (Å²) in [5.74, 6) is 0.425. The van der Waals surface area contributed by atoms with Crippen LogP contribution in [0.25, 0.3) is 10.2 Å². The molecule has 3 aromatic rings. The number of aromatic nitrogens is 2. The van der Waals surface area contributed by atoms with Gasteiger partial charge in [-0.15, -0.1) is 11.3 Å². The molecule has 1 amide bonds. The lowest BCUT2D eigenvalue weighted by Crippen LogP contribution is -2.30. The van der Waals surface area contributed by atoms with Crippen molar-refractivity contribution in [2.75, 3.05) is 5.75 Å². The minimum absolute atomic E-state index is 0.00976. The largest absolute Gasteiger partial charge is 0.354 e. The number of benzene rings is 1. The SMILES string of the molecule is CC(=O)NC(C)CCc1ccc(C(=O)CSc2ncnc3ccsc23)cc1. The molecule has 0 aliphatic carbocycles. The topological polar surface area (TPSA) is 72.0 Å². The van der Waals surface area contributed by atoms with Crippen LogP contribution in [-0.2, 0) is 11.2 Å². The second kappa shape index (κ2) is 9.10. The Morgan fingerprint density at radius 1 is 1.19 bits per heavy atom. The molecule has 27 heavy (non-hydrogen) atoms. The summed E-state index contributed by atoms with van der Waals surface area (Å²) in [5, 5.41) is 5.72. The van der Waals surface area contributed by atoms with E-state index in [4.69, 9.17) is 0 Å². The predicted octanol–water partition coefficient (Wildman–Crippen LogP) is 4.12. The van der Waals surface area contributed by atoms with Gasteiger partial charge in [0.05, 0.1) is 16.0 Å². The van der Waals surface area contributed by atoms with Crippen molar-refractivity contribution in [1.29, 1.82) is 0 Å². The summed E-state index contributed by atoms with van der Waals surface area (Å²) in [7, 11) is 0. The quantitative estimate of drug-likeness (QED) is 0.350. The summed E-state index contributed by atoms with van der Waals surface area (Å²) in [4.78, 5) is 32.1. The molecule has 0 saturated carbocycles. The number of fused-ring (bicyclic) bond motifs is 1. The Bertz CT molecular complexity index is 938. The summed E-state index contributed by atoms with van der Waals surface area (Å²) in [6.07, 6.45) is 3.27. The third-order valence-electron chi connectivity index (χ3n) is 4.14. The normalized spacial score (nSPS) is 12.1. The molecule has 0 fully saturated rings. The van der Waals surface area contributed by atoms with Crippen molar-refractivity contribution in [3.8, 4) is 0 Å². The van der Waals surface area contributed by atoms with Crippen LogP contribution in [0.1, 0.15) is 36.2 Å². The molecule has 0 aliphatic rings. The van der Waals surface area contributed by atoms with Crippen LogP contribution in [0.2, 0.25) is 0 Å². The Balaban J connectivity index is 1.54. The van der Waals surface area contributed by atoms with E-state index in [1.807, 2.05) is 42.6 Å². The molecule has 0 bridgehead atoms. The van der Waals surface area contributed by atoms with Crippen LogP contribution in [0.4, 0.5) is 0 Å². The van der Waals surface area contributed by atoms with E-state index in [0.717, 1.165) is 33.6 Å². The lowest BCUT2D eigenvalue weighted by atomic mass is 10.0. The van der Waals surface area contributed by atoms with Gasteiger partial charge in [-0.25, -0.2) is 9.97 Å². The molecule has 7 heteroatoms. The first-order valence-corrected chi connectivity index (χ1v) is 10.6. The zero-order valence-corrected chi connectivity index (χ0v) is 16.9. The molecular weight excluding hydrogens is 378 g/mol. The van der Waals surface area contributed by atoms with Crippen molar-refractivity contribution in [2.24, 2.45) is 0 Å². The number of Topliss-reactive ketones (excluding diaryl/α,β-unsaturated/α-hetero) is 1. The number of thiophene rings is 1. The van der Waals surface area contributed by atoms with Gasteiger partial charge in [0.1, 0.15) is 11.4 Å². The first-order valence-electron chi connectivity index (χ1n) is 8.73. The summed E-state index contributed by atoms with van der Waals surface area (Å²) < 4.78 is 1.03. The van der Waals surface area contributed by atoms with Crippen molar-refractivity contribution in [3.05, 3.63) is 53.2 Å². The van der Waals surface area contributed by atoms with Crippen molar-refractivity contribution in [2.45, 2.75) is 37.8 Å². The molecule has 1 atom stereocenters. The third-order valence-corrected chi connectivity index (χ3v) is 6.17. The van der Waals surface area contributed by atoms with Gasteiger partial charge in [-0.2, -0.15) is 0 Å². The molecule has 3 rings (SSSR count). The zero-order chi connectivity index (χ0) is 19.2. The number of carbonyl (C=O) groups is 2. The van der Waals surface area contributed by atoms with Gasteiger partial charge in [-0.3, -0.25) is 9.59 Å². The van der Waals surface area contributed by atoms with Gasteiger partial charge < -0.3 is 5.32 Å². The van der Waals surface area contributed by atoms with E-state index < -0.39 is 0 Å². The van der Waals surface area contributed by atoms with Gasteiger partial charge in [0.2, 0.25) is 5.91 Å². The number of hydrogen-bond acceptors (Lipinski definition) is 6. The zero-order valence-electron chi connectivity index (χ0n) is 15.3. The van der Waals surface area contributed by atoms with Crippen molar-refractivity contribution >= 4 is 45.0 Å². The molecule has 2 aromatic heterocycles. The van der Waals surface area contributed by atoms with E-state index >= 15 is 0 Å². The van der Waals surface area contributed by atoms with Gasteiger partial charge in [0.15, 0.2) is 5.78 Å². The van der Waals surface area contributed by atoms with E-state index in [1.165, 1.54) is 18.7 Å². The smallest absolute Gasteiger partial charge is 0.217 e. The highest BCUT2D eigenvalue weighted by atomic mass is 32.2. The maximum Gasteiger partial charge on any atom is 0.217 e. The van der Waals surface area contributed by atoms with Gasteiger partial charge in [-0.05, 0) is 36.8 Å². The second-order valence-corrected chi connectivity index (χ2v) is 8.24. The minimum atomic E-state index is -0.00976. The molecule has 0 saturated heterocycles. The maximum absolute atomic E-state index is 12.5. The molecule has 0 spiro atoms. The standard InChI is InChI=1S/C20H21N3O2S2/c1-13(23-14(2)24)3-4-15-5-7-16(8-6-15)18(25)11-27-20-19-17(9-10-26-19)21-12-22-20/h5-10,12-13H,3-4,11H2,1-2H3,(H,23,24). The van der Waals surface area contributed by atoms with Crippen molar-refractivity contribution < 1.29 is 9.59 Å². The van der Waals surface area contributed by atoms with Gasteiger partial charge in [-0.1, -0.05) is 36.0 Å². The molecule has 1 aromatic carbocycles. The lowest BCUT2D eigenvalue weighted by molar-refractivity contribution is -0.119. The fraction of sp³-hybridized carbons (Fsp3) is 0.300. The highest BCUT2D eigenvalue weighted by Crippen LogP contribution is 2.29. The van der Waals surface area contributed by atoms with E-state index in [9.17, 15) is 9.59 Å². The van der Waals surface area contributed by atoms with Crippen LogP contribution in [0.5, 0.6) is 0 Å². The van der Waals surface area contributed by atoms with Crippen LogP contribution in [0.3, 0.4) is 0 Å². The number of aryl methyl sites for hydroxylation is 1. The van der Waals surface area contributed by atoms with Gasteiger partial charge in [0.25, 0.3) is 0 Å². The number of thioether (sulfide) groups is 1. The lowest BCUT2D eigenvalue weighted by Gasteiger charge is -2.12. The number of nitrogens with one attached hydrogen (secondary N) is 1. The molecule has 0 aliphatic heterocycles.